The number of ether oxygens (including phenoxy) is 1. The van der Waals surface area contributed by atoms with Crippen LogP contribution in [0.2, 0.25) is 0 Å². The number of rotatable bonds is 11. The van der Waals surface area contributed by atoms with E-state index in [0.717, 1.165) is 12.8 Å². The summed E-state index contributed by atoms with van der Waals surface area (Å²) >= 11 is 0. The molecular weight excluding hydrogens is 284 g/mol. The largest absolute Gasteiger partial charge is 0.481 e. The third-order valence-electron chi connectivity index (χ3n) is 2.81. The van der Waals surface area contributed by atoms with Crippen molar-refractivity contribution in [2.75, 3.05) is 6.61 Å². The Morgan fingerprint density at radius 2 is 1.71 bits per heavy atom. The predicted molar refractivity (Wildman–Crippen MR) is 70.6 cm³/mol. The van der Waals surface area contributed by atoms with Crippen molar-refractivity contribution >= 4 is 17.9 Å². The quantitative estimate of drug-likeness (QED) is 0.312. The predicted octanol–water partition coefficient (Wildman–Crippen LogP) is 0.151. The first-order chi connectivity index (χ1) is 9.67. The van der Waals surface area contributed by atoms with Gasteiger partial charge in [-0.05, 0) is 26.2 Å². The van der Waals surface area contributed by atoms with Gasteiger partial charge < -0.3 is 25.2 Å². The third-order valence-corrected chi connectivity index (χ3v) is 2.81. The molecule has 0 aliphatic rings. The van der Waals surface area contributed by atoms with E-state index in [-0.39, 0.29) is 12.7 Å². The summed E-state index contributed by atoms with van der Waals surface area (Å²) in [6.07, 6.45) is 0.320. The standard InChI is InChI=1S/C13H22O8/c1-9(14)5-3-2-4-6-21-11(17)8-13(20,12(18)19)7-10(15)16/h9,14,20H,2-8H2,1H3,(H,15,16)(H,18,19). The maximum absolute atomic E-state index is 11.4. The van der Waals surface area contributed by atoms with Crippen molar-refractivity contribution in [3.05, 3.63) is 0 Å². The number of aliphatic hydroxyl groups excluding tert-OH is 1. The number of unbranched alkanes of at least 4 members (excludes halogenated alkanes) is 2. The molecule has 0 aliphatic heterocycles. The Labute approximate surface area is 122 Å². The Balaban J connectivity index is 4.05. The average molecular weight is 306 g/mol. The summed E-state index contributed by atoms with van der Waals surface area (Å²) in [4.78, 5) is 32.7. The van der Waals surface area contributed by atoms with Gasteiger partial charge in [-0.25, -0.2) is 4.79 Å². The molecule has 4 N–H and O–H groups in total. The highest BCUT2D eigenvalue weighted by Gasteiger charge is 2.41. The van der Waals surface area contributed by atoms with Gasteiger partial charge in [0, 0.05) is 0 Å². The van der Waals surface area contributed by atoms with E-state index in [0.29, 0.717) is 12.8 Å². The first-order valence-electron chi connectivity index (χ1n) is 6.68. The van der Waals surface area contributed by atoms with Gasteiger partial charge in [0.25, 0.3) is 0 Å². The summed E-state index contributed by atoms with van der Waals surface area (Å²) in [5.74, 6) is -4.26. The SMILES string of the molecule is CC(O)CCCCCOC(=O)CC(O)(CC(=O)O)C(=O)O. The molecule has 0 rings (SSSR count). The first-order valence-corrected chi connectivity index (χ1v) is 6.68. The molecule has 0 amide bonds. The fourth-order valence-corrected chi connectivity index (χ4v) is 1.66. The maximum atomic E-state index is 11.4. The van der Waals surface area contributed by atoms with Gasteiger partial charge in [-0.3, -0.25) is 9.59 Å². The van der Waals surface area contributed by atoms with Gasteiger partial charge >= 0.3 is 17.9 Å². The lowest BCUT2D eigenvalue weighted by molar-refractivity contribution is -0.172. The van der Waals surface area contributed by atoms with Gasteiger partial charge in [0.2, 0.25) is 0 Å². The molecule has 0 saturated carbocycles. The summed E-state index contributed by atoms with van der Waals surface area (Å²) in [6, 6.07) is 0. The Kier molecular flexibility index (Phi) is 8.56. The smallest absolute Gasteiger partial charge is 0.336 e. The molecule has 0 aliphatic carbocycles. The summed E-state index contributed by atoms with van der Waals surface area (Å²) < 4.78 is 4.76. The topological polar surface area (TPSA) is 141 Å². The highest BCUT2D eigenvalue weighted by Crippen LogP contribution is 2.17. The second kappa shape index (κ2) is 9.30. The van der Waals surface area contributed by atoms with E-state index < -0.39 is 36.4 Å². The monoisotopic (exact) mass is 306 g/mol. The van der Waals surface area contributed by atoms with Gasteiger partial charge in [0.15, 0.2) is 5.60 Å². The van der Waals surface area contributed by atoms with E-state index in [2.05, 4.69) is 0 Å². The number of hydrogen-bond donors (Lipinski definition) is 4. The number of aliphatic carboxylic acids is 2. The van der Waals surface area contributed by atoms with Crippen molar-refractivity contribution in [1.29, 1.82) is 0 Å². The van der Waals surface area contributed by atoms with Crippen molar-refractivity contribution in [2.45, 2.75) is 57.2 Å². The molecule has 8 nitrogen and oxygen atoms in total. The van der Waals surface area contributed by atoms with Gasteiger partial charge in [0.1, 0.15) is 0 Å². The number of esters is 1. The number of carbonyl (C=O) groups excluding carboxylic acids is 1. The van der Waals surface area contributed by atoms with E-state index in [1.54, 1.807) is 6.92 Å². The third kappa shape index (κ3) is 8.98. The van der Waals surface area contributed by atoms with Gasteiger partial charge in [0.05, 0.1) is 25.6 Å². The highest BCUT2D eigenvalue weighted by atomic mass is 16.5. The Bertz CT molecular complexity index is 365. The molecule has 2 atom stereocenters. The molecule has 0 aromatic heterocycles. The van der Waals surface area contributed by atoms with Gasteiger partial charge in [-0.1, -0.05) is 6.42 Å². The number of carboxylic acids is 2. The first kappa shape index (κ1) is 19.3. The fourth-order valence-electron chi connectivity index (χ4n) is 1.66. The molecule has 0 aromatic rings. The normalized spacial score (nSPS) is 15.0. The van der Waals surface area contributed by atoms with E-state index >= 15 is 0 Å². The summed E-state index contributed by atoms with van der Waals surface area (Å²) in [7, 11) is 0. The second-order valence-corrected chi connectivity index (χ2v) is 5.00. The number of carboxylic acid groups (broad SMARTS) is 2. The summed E-state index contributed by atoms with van der Waals surface area (Å²) in [5.41, 5.74) is -2.66. The van der Waals surface area contributed by atoms with Crippen LogP contribution in [0.25, 0.3) is 0 Å². The highest BCUT2D eigenvalue weighted by molar-refractivity contribution is 5.88. The van der Waals surface area contributed by atoms with Crippen LogP contribution < -0.4 is 0 Å². The summed E-state index contributed by atoms with van der Waals surface area (Å²) in [5, 5.41) is 36.0. The van der Waals surface area contributed by atoms with Crippen LogP contribution in [-0.4, -0.2) is 56.6 Å². The zero-order valence-corrected chi connectivity index (χ0v) is 11.9. The van der Waals surface area contributed by atoms with Crippen LogP contribution in [0, 0.1) is 0 Å². The molecule has 21 heavy (non-hydrogen) atoms. The Hall–Kier alpha value is -1.67. The van der Waals surface area contributed by atoms with Crippen molar-refractivity contribution < 1.29 is 39.5 Å². The van der Waals surface area contributed by atoms with Crippen LogP contribution in [-0.2, 0) is 19.1 Å². The van der Waals surface area contributed by atoms with Gasteiger partial charge in [-0.2, -0.15) is 0 Å². The number of hydrogen-bond acceptors (Lipinski definition) is 6. The maximum Gasteiger partial charge on any atom is 0.336 e. The molecule has 0 radical (unpaired) electrons. The molecule has 0 aromatic carbocycles. The molecule has 0 saturated heterocycles. The van der Waals surface area contributed by atoms with Crippen molar-refractivity contribution in [1.82, 2.24) is 0 Å². The molecule has 0 heterocycles. The average Bonchev–Trinajstić information content (AvgIpc) is 2.31. The zero-order chi connectivity index (χ0) is 16.5. The number of carbonyl (C=O) groups is 3. The van der Waals surface area contributed by atoms with Crippen molar-refractivity contribution in [3.8, 4) is 0 Å². The van der Waals surface area contributed by atoms with E-state index in [4.69, 9.17) is 20.1 Å². The van der Waals surface area contributed by atoms with E-state index in [9.17, 15) is 19.5 Å². The van der Waals surface area contributed by atoms with Crippen LogP contribution in [0.3, 0.4) is 0 Å². The molecule has 0 bridgehead atoms. The van der Waals surface area contributed by atoms with Crippen molar-refractivity contribution in [3.63, 3.8) is 0 Å². The summed E-state index contributed by atoms with van der Waals surface area (Å²) in [6.45, 7) is 1.73. The minimum Gasteiger partial charge on any atom is -0.481 e. The van der Waals surface area contributed by atoms with Crippen LogP contribution in [0.4, 0.5) is 0 Å². The minimum absolute atomic E-state index is 0.0570. The Morgan fingerprint density at radius 3 is 2.19 bits per heavy atom. The molecular formula is C13H22O8. The molecule has 0 fully saturated rings. The lowest BCUT2D eigenvalue weighted by Gasteiger charge is -2.20. The van der Waals surface area contributed by atoms with Crippen LogP contribution >= 0.6 is 0 Å². The van der Waals surface area contributed by atoms with Crippen molar-refractivity contribution in [2.24, 2.45) is 0 Å². The minimum atomic E-state index is -2.66. The second-order valence-electron chi connectivity index (χ2n) is 5.00. The van der Waals surface area contributed by atoms with Crippen LogP contribution in [0.1, 0.15) is 45.4 Å². The molecule has 2 unspecified atom stereocenters. The molecule has 8 heteroatoms. The van der Waals surface area contributed by atoms with E-state index in [1.165, 1.54) is 0 Å². The molecule has 0 spiro atoms. The Morgan fingerprint density at radius 1 is 1.10 bits per heavy atom. The zero-order valence-electron chi connectivity index (χ0n) is 11.9. The molecule has 122 valence electrons. The van der Waals surface area contributed by atoms with Crippen LogP contribution in [0.5, 0.6) is 0 Å². The van der Waals surface area contributed by atoms with Gasteiger partial charge in [-0.15, -0.1) is 0 Å². The lowest BCUT2D eigenvalue weighted by Crippen LogP contribution is -2.43. The van der Waals surface area contributed by atoms with E-state index in [1.807, 2.05) is 0 Å². The fraction of sp³-hybridized carbons (Fsp3) is 0.769. The number of aliphatic hydroxyl groups is 2. The van der Waals surface area contributed by atoms with Crippen LogP contribution in [0.15, 0.2) is 0 Å². The lowest BCUT2D eigenvalue weighted by atomic mass is 9.96.